The fourth-order valence-corrected chi connectivity index (χ4v) is 1.82. The van der Waals surface area contributed by atoms with E-state index in [1.165, 1.54) is 18.4 Å². The molecule has 5 nitrogen and oxygen atoms in total. The Kier molecular flexibility index (Phi) is 4.70. The summed E-state index contributed by atoms with van der Waals surface area (Å²) in [5.74, 6) is 0.502. The number of aromatic nitrogens is 1. The van der Waals surface area contributed by atoms with Gasteiger partial charge >= 0.3 is 0 Å². The van der Waals surface area contributed by atoms with Gasteiger partial charge in [-0.1, -0.05) is 17.3 Å². The molecule has 0 aliphatic heterocycles. The van der Waals surface area contributed by atoms with Gasteiger partial charge in [0.05, 0.1) is 6.54 Å². The molecule has 2 rings (SSSR count). The minimum Gasteiger partial charge on any atom is -0.364 e. The summed E-state index contributed by atoms with van der Waals surface area (Å²) < 4.78 is 17.6. The fourth-order valence-electron chi connectivity index (χ4n) is 1.82. The number of benzene rings is 1. The Hall–Kier alpha value is -2.37. The van der Waals surface area contributed by atoms with Crippen LogP contribution < -0.4 is 5.32 Å². The van der Waals surface area contributed by atoms with Gasteiger partial charge in [0.2, 0.25) is 0 Å². The van der Waals surface area contributed by atoms with Crippen LogP contribution in [0.2, 0.25) is 0 Å². The third kappa shape index (κ3) is 3.81. The van der Waals surface area contributed by atoms with E-state index in [9.17, 15) is 4.39 Å². The Morgan fingerprint density at radius 1 is 1.35 bits per heavy atom. The van der Waals surface area contributed by atoms with Gasteiger partial charge in [0.15, 0.2) is 5.96 Å². The van der Waals surface area contributed by atoms with E-state index in [2.05, 4.69) is 15.5 Å². The van der Waals surface area contributed by atoms with Gasteiger partial charge in [-0.05, 0) is 17.7 Å². The average molecular weight is 276 g/mol. The van der Waals surface area contributed by atoms with Crippen LogP contribution in [0.4, 0.5) is 4.39 Å². The smallest absolute Gasteiger partial charge is 0.194 e. The number of aliphatic imine (C=N–C) groups is 1. The highest BCUT2D eigenvalue weighted by molar-refractivity contribution is 5.79. The predicted octanol–water partition coefficient (Wildman–Crippen LogP) is 2.02. The van der Waals surface area contributed by atoms with Crippen LogP contribution in [0.5, 0.6) is 0 Å². The van der Waals surface area contributed by atoms with Gasteiger partial charge in [-0.3, -0.25) is 4.99 Å². The summed E-state index contributed by atoms with van der Waals surface area (Å²) in [6.07, 6.45) is 1.53. The first-order chi connectivity index (χ1) is 9.69. The van der Waals surface area contributed by atoms with Crippen LogP contribution in [0, 0.1) is 5.82 Å². The van der Waals surface area contributed by atoms with Crippen molar-refractivity contribution < 1.29 is 8.91 Å². The molecule has 106 valence electrons. The van der Waals surface area contributed by atoms with Crippen LogP contribution in [-0.2, 0) is 13.1 Å². The molecule has 0 bridgehead atoms. The number of hydrogen-bond acceptors (Lipinski definition) is 3. The molecule has 0 aliphatic carbocycles. The molecule has 1 aromatic carbocycles. The van der Waals surface area contributed by atoms with Crippen LogP contribution in [0.15, 0.2) is 46.1 Å². The summed E-state index contributed by atoms with van der Waals surface area (Å²) in [5, 5.41) is 7.01. The quantitative estimate of drug-likeness (QED) is 0.685. The van der Waals surface area contributed by atoms with E-state index in [1.807, 2.05) is 11.9 Å². The zero-order valence-electron chi connectivity index (χ0n) is 11.5. The van der Waals surface area contributed by atoms with Crippen molar-refractivity contribution in [1.29, 1.82) is 0 Å². The maximum atomic E-state index is 12.9. The minimum atomic E-state index is -0.232. The first kappa shape index (κ1) is 14.0. The van der Waals surface area contributed by atoms with Crippen molar-refractivity contribution in [3.8, 4) is 0 Å². The Labute approximate surface area is 117 Å². The van der Waals surface area contributed by atoms with E-state index >= 15 is 0 Å². The van der Waals surface area contributed by atoms with E-state index in [1.54, 1.807) is 25.2 Å². The minimum absolute atomic E-state index is 0.232. The predicted molar refractivity (Wildman–Crippen MR) is 74.6 cm³/mol. The molecule has 0 radical (unpaired) electrons. The maximum absolute atomic E-state index is 12.9. The van der Waals surface area contributed by atoms with Crippen molar-refractivity contribution in [2.75, 3.05) is 14.1 Å². The number of rotatable bonds is 4. The zero-order chi connectivity index (χ0) is 14.4. The highest BCUT2D eigenvalue weighted by Gasteiger charge is 2.07. The van der Waals surface area contributed by atoms with Crippen molar-refractivity contribution in [3.63, 3.8) is 0 Å². The van der Waals surface area contributed by atoms with Gasteiger partial charge in [-0.15, -0.1) is 0 Å². The third-order valence-corrected chi connectivity index (χ3v) is 2.83. The van der Waals surface area contributed by atoms with Crippen LogP contribution in [-0.4, -0.2) is 30.1 Å². The molecule has 0 atom stereocenters. The molecular weight excluding hydrogens is 259 g/mol. The number of hydrogen-bond donors (Lipinski definition) is 1. The van der Waals surface area contributed by atoms with E-state index in [4.69, 9.17) is 4.52 Å². The normalized spacial score (nSPS) is 11.4. The van der Waals surface area contributed by atoms with Gasteiger partial charge in [-0.25, -0.2) is 4.39 Å². The molecule has 0 aliphatic rings. The van der Waals surface area contributed by atoms with Gasteiger partial charge in [0, 0.05) is 26.7 Å². The lowest BCUT2D eigenvalue weighted by molar-refractivity contribution is 0.409. The molecule has 20 heavy (non-hydrogen) atoms. The van der Waals surface area contributed by atoms with Crippen molar-refractivity contribution in [1.82, 2.24) is 15.4 Å². The lowest BCUT2D eigenvalue weighted by Gasteiger charge is -2.21. The van der Waals surface area contributed by atoms with Gasteiger partial charge in [-0.2, -0.15) is 0 Å². The van der Waals surface area contributed by atoms with E-state index in [0.29, 0.717) is 13.1 Å². The maximum Gasteiger partial charge on any atom is 0.194 e. The summed E-state index contributed by atoms with van der Waals surface area (Å²) in [5.41, 5.74) is 1.82. The summed E-state index contributed by atoms with van der Waals surface area (Å²) in [7, 11) is 3.63. The number of guanidine groups is 1. The Morgan fingerprint density at radius 3 is 2.70 bits per heavy atom. The molecule has 6 heteroatoms. The van der Waals surface area contributed by atoms with Crippen LogP contribution in [0.25, 0.3) is 0 Å². The second-order valence-electron chi connectivity index (χ2n) is 4.37. The first-order valence-corrected chi connectivity index (χ1v) is 6.24. The highest BCUT2D eigenvalue weighted by Crippen LogP contribution is 2.06. The molecule has 1 heterocycles. The van der Waals surface area contributed by atoms with Crippen molar-refractivity contribution in [3.05, 3.63) is 53.7 Å². The second-order valence-corrected chi connectivity index (χ2v) is 4.37. The Bertz CT molecular complexity index is 551. The second kappa shape index (κ2) is 6.70. The number of nitrogens with one attached hydrogen (secondary N) is 1. The molecule has 2 aromatic rings. The van der Waals surface area contributed by atoms with Crippen molar-refractivity contribution in [2.45, 2.75) is 13.1 Å². The molecule has 1 aromatic heterocycles. The van der Waals surface area contributed by atoms with Crippen molar-refractivity contribution >= 4 is 5.96 Å². The summed E-state index contributed by atoms with van der Waals surface area (Å²) in [4.78, 5) is 6.15. The fraction of sp³-hybridized carbons (Fsp3) is 0.286. The van der Waals surface area contributed by atoms with E-state index < -0.39 is 0 Å². The molecule has 0 fully saturated rings. The molecule has 0 spiro atoms. The van der Waals surface area contributed by atoms with Gasteiger partial charge < -0.3 is 14.7 Å². The SMILES string of the molecule is CN=C(NCc1ccon1)N(C)Cc1ccc(F)cc1. The van der Waals surface area contributed by atoms with E-state index in [-0.39, 0.29) is 5.82 Å². The van der Waals surface area contributed by atoms with Crippen LogP contribution in [0.3, 0.4) is 0 Å². The number of halogens is 1. The van der Waals surface area contributed by atoms with Crippen molar-refractivity contribution in [2.24, 2.45) is 4.99 Å². The lowest BCUT2D eigenvalue weighted by atomic mass is 10.2. The Morgan fingerprint density at radius 2 is 2.10 bits per heavy atom. The van der Waals surface area contributed by atoms with Crippen LogP contribution in [0.1, 0.15) is 11.3 Å². The molecule has 0 amide bonds. The largest absolute Gasteiger partial charge is 0.364 e. The topological polar surface area (TPSA) is 53.7 Å². The average Bonchev–Trinajstić information content (AvgIpc) is 2.95. The highest BCUT2D eigenvalue weighted by atomic mass is 19.1. The molecule has 0 saturated carbocycles. The zero-order valence-corrected chi connectivity index (χ0v) is 11.5. The van der Waals surface area contributed by atoms with Gasteiger partial charge in [0.1, 0.15) is 17.8 Å². The third-order valence-electron chi connectivity index (χ3n) is 2.83. The van der Waals surface area contributed by atoms with E-state index in [0.717, 1.165) is 17.2 Å². The summed E-state index contributed by atoms with van der Waals surface area (Å²) in [6.45, 7) is 1.18. The summed E-state index contributed by atoms with van der Waals surface area (Å²) in [6, 6.07) is 8.22. The Balaban J connectivity index is 1.91. The van der Waals surface area contributed by atoms with Crippen LogP contribution >= 0.6 is 0 Å². The molecule has 0 unspecified atom stereocenters. The molecule has 1 N–H and O–H groups in total. The molecule has 0 saturated heterocycles. The standard InChI is InChI=1S/C14H17FN4O/c1-16-14(17-9-13-7-8-20-18-13)19(2)10-11-3-5-12(15)6-4-11/h3-8H,9-10H2,1-2H3,(H,16,17). The number of nitrogens with zero attached hydrogens (tertiary/aromatic N) is 3. The first-order valence-electron chi connectivity index (χ1n) is 6.24. The lowest BCUT2D eigenvalue weighted by Crippen LogP contribution is -2.38. The molecular formula is C14H17FN4O. The monoisotopic (exact) mass is 276 g/mol. The van der Waals surface area contributed by atoms with Gasteiger partial charge in [0.25, 0.3) is 0 Å². The summed E-state index contributed by atoms with van der Waals surface area (Å²) >= 11 is 0.